The number of hydrogen-bond acceptors (Lipinski definition) is 0. The Bertz CT molecular complexity index is 180. The Morgan fingerprint density at radius 3 is 1.73 bits per heavy atom. The maximum absolute atomic E-state index is 11.8. The Kier molecular flexibility index (Phi) is 3.36. The van der Waals surface area contributed by atoms with Crippen LogP contribution in [-0.4, -0.2) is 6.18 Å². The largest absolute Gasteiger partial charge is 0.412 e. The summed E-state index contributed by atoms with van der Waals surface area (Å²) in [7, 11) is 0. The fourth-order valence-corrected chi connectivity index (χ4v) is 0.386. The lowest BCUT2D eigenvalue weighted by molar-refractivity contribution is -0.0912. The zero-order valence-electron chi connectivity index (χ0n) is 6.79. The molecule has 11 heavy (non-hydrogen) atoms. The molecule has 0 N–H and O–H groups in total. The molecule has 0 aromatic carbocycles. The van der Waals surface area contributed by atoms with Crippen LogP contribution in [0.4, 0.5) is 13.2 Å². The number of alkyl halides is 3. The van der Waals surface area contributed by atoms with E-state index in [1.807, 2.05) is 0 Å². The van der Waals surface area contributed by atoms with Crippen LogP contribution in [0.2, 0.25) is 0 Å². The monoisotopic (exact) mass is 164 g/mol. The molecule has 64 valence electrons. The second-order valence-corrected chi connectivity index (χ2v) is 2.59. The molecule has 0 aliphatic rings. The lowest BCUT2D eigenvalue weighted by Gasteiger charge is -2.04. The molecule has 0 aromatic heterocycles. The van der Waals surface area contributed by atoms with Crippen molar-refractivity contribution in [2.24, 2.45) is 0 Å². The van der Waals surface area contributed by atoms with Crippen molar-refractivity contribution in [3.63, 3.8) is 0 Å². The molecule has 0 nitrogen and oxygen atoms in total. The van der Waals surface area contributed by atoms with E-state index in [0.29, 0.717) is 0 Å². The maximum atomic E-state index is 11.8. The summed E-state index contributed by atoms with van der Waals surface area (Å²) in [6, 6.07) is 0. The molecular weight excluding hydrogens is 153 g/mol. The van der Waals surface area contributed by atoms with Crippen LogP contribution in [0, 0.1) is 0 Å². The lowest BCUT2D eigenvalue weighted by Crippen LogP contribution is -2.08. The van der Waals surface area contributed by atoms with Crippen LogP contribution in [0.25, 0.3) is 0 Å². The SMILES string of the molecule is CC(C)=C/C=C(/C)C(F)(F)F. The van der Waals surface area contributed by atoms with Gasteiger partial charge in [-0.1, -0.05) is 17.7 Å². The second-order valence-electron chi connectivity index (χ2n) is 2.59. The Morgan fingerprint density at radius 2 is 1.45 bits per heavy atom. The van der Waals surface area contributed by atoms with Gasteiger partial charge in [-0.2, -0.15) is 13.2 Å². The third kappa shape index (κ3) is 4.65. The first-order valence-corrected chi connectivity index (χ1v) is 3.23. The summed E-state index contributed by atoms with van der Waals surface area (Å²) in [6.45, 7) is 4.56. The quantitative estimate of drug-likeness (QED) is 0.520. The molecule has 0 amide bonds. The van der Waals surface area contributed by atoms with E-state index in [9.17, 15) is 13.2 Å². The molecule has 0 spiro atoms. The van der Waals surface area contributed by atoms with Crippen LogP contribution in [0.15, 0.2) is 23.3 Å². The summed E-state index contributed by atoms with van der Waals surface area (Å²) in [5.41, 5.74) is 0.285. The van der Waals surface area contributed by atoms with E-state index in [2.05, 4.69) is 0 Å². The Labute approximate surface area is 64.4 Å². The van der Waals surface area contributed by atoms with E-state index in [1.165, 1.54) is 6.08 Å². The van der Waals surface area contributed by atoms with Gasteiger partial charge in [0.05, 0.1) is 0 Å². The van der Waals surface area contributed by atoms with E-state index >= 15 is 0 Å². The van der Waals surface area contributed by atoms with Crippen molar-refractivity contribution in [2.45, 2.75) is 26.9 Å². The molecule has 0 aliphatic carbocycles. The van der Waals surface area contributed by atoms with Gasteiger partial charge in [-0.15, -0.1) is 0 Å². The van der Waals surface area contributed by atoms with Gasteiger partial charge in [0.2, 0.25) is 0 Å². The molecule has 0 radical (unpaired) electrons. The zero-order valence-corrected chi connectivity index (χ0v) is 6.79. The molecule has 0 fully saturated rings. The molecule has 0 bridgehead atoms. The summed E-state index contributed by atoms with van der Waals surface area (Å²) >= 11 is 0. The van der Waals surface area contributed by atoms with Crippen molar-refractivity contribution >= 4 is 0 Å². The van der Waals surface area contributed by atoms with Gasteiger partial charge in [0.25, 0.3) is 0 Å². The zero-order chi connectivity index (χ0) is 9.07. The molecule has 0 unspecified atom stereocenters. The van der Waals surface area contributed by atoms with Crippen molar-refractivity contribution in [1.29, 1.82) is 0 Å². The van der Waals surface area contributed by atoms with Gasteiger partial charge in [0, 0.05) is 5.57 Å². The fraction of sp³-hybridized carbons (Fsp3) is 0.500. The smallest absolute Gasteiger partial charge is 0.166 e. The number of halogens is 3. The summed E-state index contributed by atoms with van der Waals surface area (Å²) in [5.74, 6) is 0. The van der Waals surface area contributed by atoms with Crippen molar-refractivity contribution in [3.05, 3.63) is 23.3 Å². The normalized spacial score (nSPS) is 13.1. The summed E-state index contributed by atoms with van der Waals surface area (Å²) in [6.07, 6.45) is -1.66. The van der Waals surface area contributed by atoms with Gasteiger partial charge < -0.3 is 0 Å². The molecule has 0 saturated heterocycles. The van der Waals surface area contributed by atoms with Gasteiger partial charge in [0.1, 0.15) is 0 Å². The van der Waals surface area contributed by atoms with Gasteiger partial charge in [-0.3, -0.25) is 0 Å². The van der Waals surface area contributed by atoms with Crippen LogP contribution in [0.1, 0.15) is 20.8 Å². The minimum absolute atomic E-state index is 0.571. The van der Waals surface area contributed by atoms with E-state index in [1.54, 1.807) is 13.8 Å². The highest BCUT2D eigenvalue weighted by Gasteiger charge is 2.29. The minimum atomic E-state index is -4.19. The molecule has 0 heterocycles. The summed E-state index contributed by atoms with van der Waals surface area (Å²) in [5, 5.41) is 0. The van der Waals surface area contributed by atoms with Crippen LogP contribution in [0.5, 0.6) is 0 Å². The molecular formula is C8H11F3. The maximum Gasteiger partial charge on any atom is 0.412 e. The molecule has 0 rings (SSSR count). The van der Waals surface area contributed by atoms with E-state index in [0.717, 1.165) is 18.6 Å². The first-order chi connectivity index (χ1) is 4.84. The molecule has 0 aliphatic heterocycles. The van der Waals surface area contributed by atoms with Crippen molar-refractivity contribution in [1.82, 2.24) is 0 Å². The number of allylic oxidation sites excluding steroid dienone is 4. The van der Waals surface area contributed by atoms with Gasteiger partial charge in [-0.05, 0) is 20.8 Å². The third-order valence-electron chi connectivity index (χ3n) is 1.11. The van der Waals surface area contributed by atoms with Gasteiger partial charge in [-0.25, -0.2) is 0 Å². The molecule has 0 saturated carbocycles. The fourth-order valence-electron chi connectivity index (χ4n) is 0.386. The Balaban J connectivity index is 4.36. The topological polar surface area (TPSA) is 0 Å². The lowest BCUT2D eigenvalue weighted by atomic mass is 10.2. The highest BCUT2D eigenvalue weighted by molar-refractivity contribution is 5.17. The Morgan fingerprint density at radius 1 is 1.00 bits per heavy atom. The van der Waals surface area contributed by atoms with Crippen LogP contribution >= 0.6 is 0 Å². The number of rotatable bonds is 1. The second kappa shape index (κ2) is 3.60. The van der Waals surface area contributed by atoms with Crippen LogP contribution in [0.3, 0.4) is 0 Å². The highest BCUT2D eigenvalue weighted by Crippen LogP contribution is 2.24. The van der Waals surface area contributed by atoms with E-state index < -0.39 is 11.7 Å². The first-order valence-electron chi connectivity index (χ1n) is 3.23. The summed E-state index contributed by atoms with van der Waals surface area (Å²) in [4.78, 5) is 0. The van der Waals surface area contributed by atoms with Crippen LogP contribution in [-0.2, 0) is 0 Å². The molecule has 0 atom stereocenters. The standard InChI is InChI=1S/C8H11F3/c1-6(2)4-5-7(3)8(9,10)11/h4-5H,1-3H3/b7-5-. The highest BCUT2D eigenvalue weighted by atomic mass is 19.4. The number of hydrogen-bond donors (Lipinski definition) is 0. The predicted molar refractivity (Wildman–Crippen MR) is 39.2 cm³/mol. The summed E-state index contributed by atoms with van der Waals surface area (Å²) < 4.78 is 35.4. The first kappa shape index (κ1) is 10.3. The predicted octanol–water partition coefficient (Wildman–Crippen LogP) is 3.46. The van der Waals surface area contributed by atoms with Crippen molar-refractivity contribution < 1.29 is 13.2 Å². The van der Waals surface area contributed by atoms with E-state index in [-0.39, 0.29) is 0 Å². The van der Waals surface area contributed by atoms with Crippen molar-refractivity contribution in [2.75, 3.05) is 0 Å². The van der Waals surface area contributed by atoms with E-state index in [4.69, 9.17) is 0 Å². The van der Waals surface area contributed by atoms with Gasteiger partial charge >= 0.3 is 6.18 Å². The third-order valence-corrected chi connectivity index (χ3v) is 1.11. The Hall–Kier alpha value is -0.730. The average molecular weight is 164 g/mol. The van der Waals surface area contributed by atoms with Crippen LogP contribution < -0.4 is 0 Å². The van der Waals surface area contributed by atoms with Gasteiger partial charge in [0.15, 0.2) is 0 Å². The minimum Gasteiger partial charge on any atom is -0.166 e. The average Bonchev–Trinajstić information content (AvgIpc) is 1.80. The molecule has 3 heteroatoms. The van der Waals surface area contributed by atoms with Crippen molar-refractivity contribution in [3.8, 4) is 0 Å². The molecule has 0 aromatic rings.